The second kappa shape index (κ2) is 4.20. The molecule has 0 aromatic heterocycles. The van der Waals surface area contributed by atoms with Gasteiger partial charge in [-0.25, -0.2) is 0 Å². The summed E-state index contributed by atoms with van der Waals surface area (Å²) in [5.41, 5.74) is 0.500. The minimum absolute atomic E-state index is 0.106. The molecule has 2 aliphatic rings. The molecule has 0 amide bonds. The number of hydrogen-bond acceptors (Lipinski definition) is 1. The Kier molecular flexibility index (Phi) is 3.10. The van der Waals surface area contributed by atoms with Crippen molar-refractivity contribution in [2.45, 2.75) is 51.0 Å². The van der Waals surface area contributed by atoms with Gasteiger partial charge in [-0.1, -0.05) is 19.8 Å². The zero-order valence-electron chi connectivity index (χ0n) is 9.36. The Hall–Kier alpha value is -0.440. The van der Waals surface area contributed by atoms with Gasteiger partial charge < -0.3 is 0 Å². The van der Waals surface area contributed by atoms with Crippen LogP contribution in [0.15, 0.2) is 11.7 Å². The predicted molar refractivity (Wildman–Crippen MR) is 56.9 cm³/mol. The maximum Gasteiger partial charge on any atom is 0.270 e. The van der Waals surface area contributed by atoms with Gasteiger partial charge in [-0.05, 0) is 32.2 Å². The van der Waals surface area contributed by atoms with Gasteiger partial charge in [0.2, 0.25) is 0 Å². The summed E-state index contributed by atoms with van der Waals surface area (Å²) in [6, 6.07) is 0. The Labute approximate surface area is 90.1 Å². The van der Waals surface area contributed by atoms with E-state index >= 15 is 0 Å². The first-order valence-electron chi connectivity index (χ1n) is 5.96. The smallest absolute Gasteiger partial charge is 0.270 e. The van der Waals surface area contributed by atoms with Crippen LogP contribution in [0.5, 0.6) is 0 Å². The lowest BCUT2D eigenvalue weighted by atomic mass is 9.87. The van der Waals surface area contributed by atoms with E-state index in [1.807, 2.05) is 0 Å². The molecular weight excluding hydrogens is 196 g/mol. The Balaban J connectivity index is 2.11. The van der Waals surface area contributed by atoms with Crippen molar-refractivity contribution >= 4 is 0 Å². The van der Waals surface area contributed by atoms with Gasteiger partial charge in [-0.15, -0.1) is 0 Å². The third kappa shape index (κ3) is 1.94. The fraction of sp³-hybridized carbons (Fsp3) is 0.833. The molecule has 0 N–H and O–H groups in total. The summed E-state index contributed by atoms with van der Waals surface area (Å²) in [5.74, 6) is 0. The van der Waals surface area contributed by atoms with E-state index in [9.17, 15) is 8.78 Å². The lowest BCUT2D eigenvalue weighted by Gasteiger charge is -2.31. The van der Waals surface area contributed by atoms with Crippen LogP contribution >= 0.6 is 0 Å². The molecule has 2 aliphatic heterocycles. The highest BCUT2D eigenvalue weighted by molar-refractivity contribution is 5.20. The van der Waals surface area contributed by atoms with E-state index < -0.39 is 6.08 Å². The number of halogens is 2. The molecule has 2 fully saturated rings. The topological polar surface area (TPSA) is 3.24 Å². The van der Waals surface area contributed by atoms with Crippen molar-refractivity contribution in [2.75, 3.05) is 13.1 Å². The fourth-order valence-corrected chi connectivity index (χ4v) is 3.13. The lowest BCUT2D eigenvalue weighted by molar-refractivity contribution is 0.178. The van der Waals surface area contributed by atoms with Crippen LogP contribution in [0.1, 0.15) is 45.4 Å². The van der Waals surface area contributed by atoms with Crippen LogP contribution in [0.4, 0.5) is 8.78 Å². The third-order valence-electron chi connectivity index (χ3n) is 3.93. The average molecular weight is 215 g/mol. The Morgan fingerprint density at radius 2 is 2.27 bits per heavy atom. The van der Waals surface area contributed by atoms with Crippen LogP contribution in [0.2, 0.25) is 0 Å². The summed E-state index contributed by atoms with van der Waals surface area (Å²) in [4.78, 5) is 2.29. The molecule has 1 unspecified atom stereocenters. The highest BCUT2D eigenvalue weighted by atomic mass is 19.3. The van der Waals surface area contributed by atoms with Gasteiger partial charge in [0.15, 0.2) is 0 Å². The molecule has 2 rings (SSSR count). The molecular formula is C12H19F2N. The predicted octanol–water partition coefficient (Wildman–Crippen LogP) is 3.57. The molecule has 0 aromatic carbocycles. The number of rotatable bonds is 3. The highest BCUT2D eigenvalue weighted by Crippen LogP contribution is 2.45. The van der Waals surface area contributed by atoms with Crippen molar-refractivity contribution in [2.24, 2.45) is 0 Å². The van der Waals surface area contributed by atoms with Gasteiger partial charge in [0, 0.05) is 17.7 Å². The quantitative estimate of drug-likeness (QED) is 0.695. The van der Waals surface area contributed by atoms with Gasteiger partial charge in [0.1, 0.15) is 0 Å². The number of hydrogen-bond donors (Lipinski definition) is 0. The van der Waals surface area contributed by atoms with Gasteiger partial charge in [0.25, 0.3) is 6.08 Å². The second-order valence-corrected chi connectivity index (χ2v) is 4.89. The normalized spacial score (nSPS) is 31.0. The molecule has 0 saturated carbocycles. The van der Waals surface area contributed by atoms with Crippen molar-refractivity contribution in [3.8, 4) is 0 Å². The average Bonchev–Trinajstić information content (AvgIpc) is 2.70. The van der Waals surface area contributed by atoms with Crippen molar-refractivity contribution in [3.63, 3.8) is 0 Å². The molecule has 0 spiro atoms. The van der Waals surface area contributed by atoms with Crippen molar-refractivity contribution in [1.29, 1.82) is 0 Å². The van der Waals surface area contributed by atoms with E-state index in [1.54, 1.807) is 0 Å². The highest BCUT2D eigenvalue weighted by Gasteiger charge is 2.46. The molecule has 3 heteroatoms. The largest absolute Gasteiger partial charge is 0.293 e. The summed E-state index contributed by atoms with van der Waals surface area (Å²) in [6.45, 7) is 3.70. The summed E-state index contributed by atoms with van der Waals surface area (Å²) in [5, 5.41) is 0. The van der Waals surface area contributed by atoms with Gasteiger partial charge in [0.05, 0.1) is 0 Å². The first-order valence-corrected chi connectivity index (χ1v) is 5.96. The van der Waals surface area contributed by atoms with E-state index in [0.717, 1.165) is 32.2 Å². The first-order chi connectivity index (χ1) is 7.18. The van der Waals surface area contributed by atoms with Crippen LogP contribution in [0.3, 0.4) is 0 Å². The fourth-order valence-electron chi connectivity index (χ4n) is 3.13. The van der Waals surface area contributed by atoms with Crippen molar-refractivity contribution < 1.29 is 8.78 Å². The SMILES string of the molecule is CCCCC12CCCN1CC(=C(F)F)C2. The van der Waals surface area contributed by atoms with Gasteiger partial charge >= 0.3 is 0 Å². The molecule has 1 nitrogen and oxygen atoms in total. The summed E-state index contributed by atoms with van der Waals surface area (Å²) in [7, 11) is 0. The Bertz CT molecular complexity index is 271. The minimum Gasteiger partial charge on any atom is -0.293 e. The molecule has 2 heterocycles. The van der Waals surface area contributed by atoms with E-state index in [0.29, 0.717) is 18.5 Å². The maximum atomic E-state index is 12.6. The first kappa shape index (κ1) is 11.1. The minimum atomic E-state index is -1.43. The van der Waals surface area contributed by atoms with Crippen molar-refractivity contribution in [1.82, 2.24) is 4.90 Å². The van der Waals surface area contributed by atoms with Crippen LogP contribution in [0, 0.1) is 0 Å². The van der Waals surface area contributed by atoms with Crippen molar-refractivity contribution in [3.05, 3.63) is 11.7 Å². The Morgan fingerprint density at radius 3 is 2.93 bits per heavy atom. The van der Waals surface area contributed by atoms with Crippen LogP contribution in [0.25, 0.3) is 0 Å². The summed E-state index contributed by atoms with van der Waals surface area (Å²) < 4.78 is 25.2. The Morgan fingerprint density at radius 1 is 1.47 bits per heavy atom. The summed E-state index contributed by atoms with van der Waals surface area (Å²) >= 11 is 0. The number of nitrogens with zero attached hydrogens (tertiary/aromatic N) is 1. The number of unbranched alkanes of at least 4 members (excludes halogenated alkanes) is 1. The molecule has 0 radical (unpaired) electrons. The van der Waals surface area contributed by atoms with Crippen LogP contribution in [-0.4, -0.2) is 23.5 Å². The monoisotopic (exact) mass is 215 g/mol. The van der Waals surface area contributed by atoms with Gasteiger partial charge in [-0.2, -0.15) is 8.78 Å². The molecule has 0 aliphatic carbocycles. The zero-order valence-corrected chi connectivity index (χ0v) is 9.36. The second-order valence-electron chi connectivity index (χ2n) is 4.89. The van der Waals surface area contributed by atoms with Gasteiger partial charge in [-0.3, -0.25) is 4.90 Å². The molecule has 2 saturated heterocycles. The molecule has 0 bridgehead atoms. The number of fused-ring (bicyclic) bond motifs is 1. The molecule has 86 valence electrons. The van der Waals surface area contributed by atoms with Crippen LogP contribution < -0.4 is 0 Å². The molecule has 0 aromatic rings. The molecule has 1 atom stereocenters. The van der Waals surface area contributed by atoms with E-state index in [1.165, 1.54) is 6.42 Å². The standard InChI is InChI=1S/C12H19F2N/c1-2-3-5-12-6-4-7-15(12)9-10(8-12)11(13)14/h2-9H2,1H3. The van der Waals surface area contributed by atoms with E-state index in [-0.39, 0.29) is 5.54 Å². The third-order valence-corrected chi connectivity index (χ3v) is 3.93. The zero-order chi connectivity index (χ0) is 10.9. The molecule has 15 heavy (non-hydrogen) atoms. The lowest BCUT2D eigenvalue weighted by Crippen LogP contribution is -2.37. The van der Waals surface area contributed by atoms with Crippen LogP contribution in [-0.2, 0) is 0 Å². The maximum absolute atomic E-state index is 12.6. The summed E-state index contributed by atoms with van der Waals surface area (Å²) in [6.07, 6.45) is 4.91. The van der Waals surface area contributed by atoms with E-state index in [4.69, 9.17) is 0 Å². The van der Waals surface area contributed by atoms with E-state index in [2.05, 4.69) is 11.8 Å².